The van der Waals surface area contributed by atoms with E-state index in [0.717, 1.165) is 48.5 Å². The lowest BCUT2D eigenvalue weighted by Gasteiger charge is -2.11. The minimum absolute atomic E-state index is 0.0192. The van der Waals surface area contributed by atoms with Crippen molar-refractivity contribution in [2.75, 3.05) is 5.73 Å². The summed E-state index contributed by atoms with van der Waals surface area (Å²) in [6.45, 7) is 0. The second kappa shape index (κ2) is 11.0. The van der Waals surface area contributed by atoms with E-state index in [0.29, 0.717) is 0 Å². The summed E-state index contributed by atoms with van der Waals surface area (Å²) in [6.07, 6.45) is 0. The van der Waals surface area contributed by atoms with Crippen LogP contribution in [0.1, 0.15) is 10.4 Å². The third kappa shape index (κ3) is 6.20. The summed E-state index contributed by atoms with van der Waals surface area (Å²) in [4.78, 5) is 19.9. The number of carboxylic acids is 1. The zero-order chi connectivity index (χ0) is 31.9. The Hall–Kier alpha value is -5.57. The summed E-state index contributed by atoms with van der Waals surface area (Å²) in [5, 5.41) is 56.1. The van der Waals surface area contributed by atoms with E-state index in [1.807, 2.05) is 0 Å². The van der Waals surface area contributed by atoms with E-state index < -0.39 is 74.7 Å². The molecule has 0 atom stereocenters. The zero-order valence-corrected chi connectivity index (χ0v) is 22.6. The van der Waals surface area contributed by atoms with Crippen molar-refractivity contribution in [3.8, 4) is 11.5 Å². The molecule has 0 fully saturated rings. The van der Waals surface area contributed by atoms with E-state index in [1.54, 1.807) is 0 Å². The number of nitrogens with two attached hydrogens (primary N) is 1. The summed E-state index contributed by atoms with van der Waals surface area (Å²) >= 11 is 0. The number of nitro benzene ring substituents is 1. The number of aromatic hydroxyl groups is 2. The number of carbonyl (C=O) groups is 1. The summed E-state index contributed by atoms with van der Waals surface area (Å²) in [5.41, 5.74) is 1.98. The SMILES string of the molecule is Nc1ccc(N=Nc2ccc3cc(S(=O)(=O)O)c(N=Nc4ccc([N+](=O)[O-])c(C(=O)O)c4)c(O)c3c2O)c(S(=O)(=O)O)c1. The first-order chi connectivity index (χ1) is 20.0. The van der Waals surface area contributed by atoms with Gasteiger partial charge in [0.25, 0.3) is 25.9 Å². The predicted octanol–water partition coefficient (Wildman–Crippen LogP) is 4.76. The number of phenolic OH excluding ortho intramolecular Hbond substituents is 2. The van der Waals surface area contributed by atoms with Crippen LogP contribution in [0.4, 0.5) is 34.1 Å². The van der Waals surface area contributed by atoms with Crippen molar-refractivity contribution in [2.24, 2.45) is 20.5 Å². The molecule has 0 aliphatic carbocycles. The number of nitrogens with zero attached hydrogens (tertiary/aromatic N) is 5. The third-order valence-electron chi connectivity index (χ3n) is 5.65. The number of hydrogen-bond donors (Lipinski definition) is 6. The van der Waals surface area contributed by atoms with Crippen LogP contribution in [0.15, 0.2) is 84.8 Å². The van der Waals surface area contributed by atoms with Crippen molar-refractivity contribution in [1.82, 2.24) is 0 Å². The van der Waals surface area contributed by atoms with Crippen LogP contribution in [0, 0.1) is 10.1 Å². The number of phenols is 2. The standard InChI is InChI=1S/C23H16N6O12S2/c24-11-2-5-14(17(8-11)42(36,37)38)26-27-15-4-1-10-7-18(43(39,40)41)20(22(31)19(10)21(15)30)28-25-12-3-6-16(29(34)35)13(9-12)23(32)33/h1-9,30-31H,24H2,(H,32,33)(H,36,37,38)(H,39,40,41). The smallest absolute Gasteiger partial charge is 0.342 e. The largest absolute Gasteiger partial charge is 0.505 e. The van der Waals surface area contributed by atoms with Gasteiger partial charge in [-0.3, -0.25) is 19.2 Å². The van der Waals surface area contributed by atoms with Crippen molar-refractivity contribution < 1.29 is 51.0 Å². The highest BCUT2D eigenvalue weighted by Crippen LogP contribution is 2.48. The lowest BCUT2D eigenvalue weighted by Crippen LogP contribution is -2.02. The first-order valence-electron chi connectivity index (χ1n) is 11.2. The quantitative estimate of drug-likeness (QED) is 0.0502. The minimum atomic E-state index is -5.09. The molecule has 0 amide bonds. The number of azo groups is 2. The van der Waals surface area contributed by atoms with Crippen LogP contribution < -0.4 is 5.73 Å². The fourth-order valence-corrected chi connectivity index (χ4v) is 5.05. The second-order valence-corrected chi connectivity index (χ2v) is 11.2. The van der Waals surface area contributed by atoms with Crippen LogP contribution in [-0.4, -0.2) is 52.2 Å². The number of aromatic carboxylic acids is 1. The average Bonchev–Trinajstić information content (AvgIpc) is 2.91. The maximum Gasteiger partial charge on any atom is 0.342 e. The van der Waals surface area contributed by atoms with Crippen LogP contribution in [0.5, 0.6) is 11.5 Å². The molecule has 43 heavy (non-hydrogen) atoms. The Balaban J connectivity index is 1.88. The Labute approximate surface area is 239 Å². The summed E-state index contributed by atoms with van der Waals surface area (Å²) in [7, 11) is -9.88. The molecule has 7 N–H and O–H groups in total. The number of rotatable bonds is 8. The highest BCUT2D eigenvalue weighted by molar-refractivity contribution is 7.86. The highest BCUT2D eigenvalue weighted by Gasteiger charge is 2.25. The maximum absolute atomic E-state index is 12.1. The minimum Gasteiger partial charge on any atom is -0.505 e. The molecule has 4 rings (SSSR count). The topological polar surface area (TPSA) is 305 Å². The Kier molecular flexibility index (Phi) is 7.79. The van der Waals surface area contributed by atoms with E-state index in [1.165, 1.54) is 6.07 Å². The molecule has 0 aliphatic heterocycles. The zero-order valence-electron chi connectivity index (χ0n) is 20.9. The van der Waals surface area contributed by atoms with E-state index in [2.05, 4.69) is 20.5 Å². The Bertz CT molecular complexity index is 2130. The van der Waals surface area contributed by atoms with Gasteiger partial charge in [0, 0.05) is 11.8 Å². The molecule has 0 unspecified atom stereocenters. The monoisotopic (exact) mass is 632 g/mol. The van der Waals surface area contributed by atoms with Gasteiger partial charge < -0.3 is 21.1 Å². The molecular formula is C23H16N6O12S2. The number of nitro groups is 1. The molecule has 4 aromatic rings. The summed E-state index contributed by atoms with van der Waals surface area (Å²) < 4.78 is 66.7. The van der Waals surface area contributed by atoms with E-state index in [4.69, 9.17) is 5.73 Å². The van der Waals surface area contributed by atoms with Crippen LogP contribution in [0.2, 0.25) is 0 Å². The molecule has 0 spiro atoms. The lowest BCUT2D eigenvalue weighted by molar-refractivity contribution is -0.385. The normalized spacial score (nSPS) is 12.3. The number of benzene rings is 4. The highest BCUT2D eigenvalue weighted by atomic mass is 32.2. The van der Waals surface area contributed by atoms with Gasteiger partial charge in [-0.15, -0.1) is 15.3 Å². The van der Waals surface area contributed by atoms with E-state index in [-0.39, 0.29) is 28.1 Å². The van der Waals surface area contributed by atoms with E-state index in [9.17, 15) is 56.2 Å². The van der Waals surface area contributed by atoms with Crippen molar-refractivity contribution in [2.45, 2.75) is 9.79 Å². The van der Waals surface area contributed by atoms with Crippen molar-refractivity contribution in [3.63, 3.8) is 0 Å². The molecule has 222 valence electrons. The molecule has 0 radical (unpaired) electrons. The molecule has 0 aromatic heterocycles. The van der Waals surface area contributed by atoms with Gasteiger partial charge in [0.1, 0.15) is 32.4 Å². The Morgan fingerprint density at radius 2 is 1.42 bits per heavy atom. The van der Waals surface area contributed by atoms with Crippen LogP contribution >= 0.6 is 0 Å². The van der Waals surface area contributed by atoms with Gasteiger partial charge in [0.15, 0.2) is 11.5 Å². The van der Waals surface area contributed by atoms with Gasteiger partial charge in [-0.05, 0) is 47.9 Å². The molecular weight excluding hydrogens is 616 g/mol. The molecule has 4 aromatic carbocycles. The van der Waals surface area contributed by atoms with Gasteiger partial charge in [0.05, 0.1) is 16.0 Å². The average molecular weight is 633 g/mol. The Morgan fingerprint density at radius 3 is 2.02 bits per heavy atom. The first-order valence-corrected chi connectivity index (χ1v) is 14.1. The molecule has 0 heterocycles. The van der Waals surface area contributed by atoms with Gasteiger partial charge in [-0.1, -0.05) is 6.07 Å². The van der Waals surface area contributed by atoms with Gasteiger partial charge >= 0.3 is 5.97 Å². The van der Waals surface area contributed by atoms with Crippen LogP contribution in [-0.2, 0) is 20.2 Å². The molecule has 0 saturated carbocycles. The maximum atomic E-state index is 12.1. The molecule has 0 saturated heterocycles. The Morgan fingerprint density at radius 1 is 0.791 bits per heavy atom. The molecule has 18 nitrogen and oxygen atoms in total. The first kappa shape index (κ1) is 30.4. The van der Waals surface area contributed by atoms with Crippen molar-refractivity contribution in [1.29, 1.82) is 0 Å². The fourth-order valence-electron chi connectivity index (χ4n) is 3.74. The number of carboxylic acid groups (broad SMARTS) is 1. The summed E-state index contributed by atoms with van der Waals surface area (Å²) in [6, 6.07) is 8.89. The molecule has 0 bridgehead atoms. The number of anilines is 1. The fraction of sp³-hybridized carbons (Fsp3) is 0. The number of nitrogen functional groups attached to an aromatic ring is 1. The lowest BCUT2D eigenvalue weighted by atomic mass is 10.1. The van der Waals surface area contributed by atoms with Gasteiger partial charge in [0.2, 0.25) is 0 Å². The number of hydrogen-bond acceptors (Lipinski definition) is 14. The van der Waals surface area contributed by atoms with Crippen molar-refractivity contribution in [3.05, 3.63) is 70.3 Å². The van der Waals surface area contributed by atoms with Crippen LogP contribution in [0.3, 0.4) is 0 Å². The molecule has 0 aliphatic rings. The molecule has 20 heteroatoms. The third-order valence-corrected chi connectivity index (χ3v) is 7.40. The van der Waals surface area contributed by atoms with Crippen molar-refractivity contribution >= 4 is 71.1 Å². The van der Waals surface area contributed by atoms with Crippen LogP contribution in [0.25, 0.3) is 10.8 Å². The van der Waals surface area contributed by atoms with Gasteiger partial charge in [-0.2, -0.15) is 21.9 Å². The number of fused-ring (bicyclic) bond motifs is 1. The second-order valence-electron chi connectivity index (χ2n) is 8.44. The van der Waals surface area contributed by atoms with Gasteiger partial charge in [-0.25, -0.2) is 4.79 Å². The summed E-state index contributed by atoms with van der Waals surface area (Å²) in [5.74, 6) is -3.54. The van der Waals surface area contributed by atoms with E-state index >= 15 is 0 Å². The predicted molar refractivity (Wildman–Crippen MR) is 146 cm³/mol.